The Balaban J connectivity index is 2.06. The van der Waals surface area contributed by atoms with E-state index >= 15 is 0 Å². The summed E-state index contributed by atoms with van der Waals surface area (Å²) >= 11 is 0. The van der Waals surface area contributed by atoms with Crippen molar-refractivity contribution < 1.29 is 13.9 Å². The first-order chi connectivity index (χ1) is 8.78. The van der Waals surface area contributed by atoms with Crippen LogP contribution in [0, 0.1) is 0 Å². The fraction of sp³-hybridized carbons (Fsp3) is 0.286. The number of ether oxygens (including phenoxy) is 2. The van der Waals surface area contributed by atoms with Crippen molar-refractivity contribution in [1.82, 2.24) is 0 Å². The van der Waals surface area contributed by atoms with E-state index in [1.807, 2.05) is 18.2 Å². The standard InChI is InChI=1S/C14H15NO3/c1-2-9-3-4-12(18-9)10-7-13-14(8-11(10)15)17-6-5-16-13/h3-4,7-8H,2,5-6,15H2,1H3. The van der Waals surface area contributed by atoms with Crippen molar-refractivity contribution in [3.05, 3.63) is 30.0 Å². The van der Waals surface area contributed by atoms with E-state index in [-0.39, 0.29) is 0 Å². The molecule has 2 N–H and O–H groups in total. The number of anilines is 1. The number of rotatable bonds is 2. The van der Waals surface area contributed by atoms with E-state index in [1.54, 1.807) is 6.07 Å². The molecule has 0 bridgehead atoms. The van der Waals surface area contributed by atoms with Crippen LogP contribution in [-0.2, 0) is 6.42 Å². The Morgan fingerprint density at radius 3 is 2.50 bits per heavy atom. The molecule has 18 heavy (non-hydrogen) atoms. The van der Waals surface area contributed by atoms with Crippen molar-refractivity contribution in [3.63, 3.8) is 0 Å². The Morgan fingerprint density at radius 2 is 1.83 bits per heavy atom. The number of furan rings is 1. The van der Waals surface area contributed by atoms with E-state index in [4.69, 9.17) is 19.6 Å². The molecule has 1 aliphatic heterocycles. The summed E-state index contributed by atoms with van der Waals surface area (Å²) < 4.78 is 16.8. The van der Waals surface area contributed by atoms with Gasteiger partial charge in [-0.3, -0.25) is 0 Å². The molecule has 1 aromatic heterocycles. The van der Waals surface area contributed by atoms with Crippen molar-refractivity contribution in [2.45, 2.75) is 13.3 Å². The van der Waals surface area contributed by atoms with E-state index in [1.165, 1.54) is 0 Å². The zero-order valence-corrected chi connectivity index (χ0v) is 10.2. The number of nitrogens with two attached hydrogens (primary N) is 1. The van der Waals surface area contributed by atoms with Crippen LogP contribution >= 0.6 is 0 Å². The van der Waals surface area contributed by atoms with Gasteiger partial charge >= 0.3 is 0 Å². The fourth-order valence-electron chi connectivity index (χ4n) is 2.03. The molecule has 2 heterocycles. The van der Waals surface area contributed by atoms with Gasteiger partial charge in [0.1, 0.15) is 24.7 Å². The molecule has 0 unspecified atom stereocenters. The van der Waals surface area contributed by atoms with Crippen LogP contribution in [0.5, 0.6) is 11.5 Å². The predicted octanol–water partition coefficient (Wildman–Crippen LogP) is 2.86. The molecular weight excluding hydrogens is 230 g/mol. The summed E-state index contributed by atoms with van der Waals surface area (Å²) in [6.45, 7) is 3.18. The molecule has 4 heteroatoms. The summed E-state index contributed by atoms with van der Waals surface area (Å²) in [6.07, 6.45) is 0.866. The Hall–Kier alpha value is -2.10. The molecular formula is C14H15NO3. The van der Waals surface area contributed by atoms with Crippen LogP contribution in [-0.4, -0.2) is 13.2 Å². The molecule has 1 aromatic carbocycles. The van der Waals surface area contributed by atoms with E-state index in [9.17, 15) is 0 Å². The van der Waals surface area contributed by atoms with Gasteiger partial charge < -0.3 is 19.6 Å². The highest BCUT2D eigenvalue weighted by Crippen LogP contribution is 2.39. The molecule has 3 rings (SSSR count). The maximum atomic E-state index is 6.03. The highest BCUT2D eigenvalue weighted by molar-refractivity contribution is 5.77. The monoisotopic (exact) mass is 245 g/mol. The van der Waals surface area contributed by atoms with Crippen molar-refractivity contribution in [2.24, 2.45) is 0 Å². The van der Waals surface area contributed by atoms with Crippen LogP contribution in [0.25, 0.3) is 11.3 Å². The molecule has 4 nitrogen and oxygen atoms in total. The first-order valence-electron chi connectivity index (χ1n) is 6.06. The first-order valence-corrected chi connectivity index (χ1v) is 6.06. The lowest BCUT2D eigenvalue weighted by atomic mass is 10.1. The van der Waals surface area contributed by atoms with Crippen LogP contribution < -0.4 is 15.2 Å². The van der Waals surface area contributed by atoms with Crippen LogP contribution in [0.15, 0.2) is 28.7 Å². The third kappa shape index (κ3) is 1.79. The van der Waals surface area contributed by atoms with Gasteiger partial charge in [-0.05, 0) is 18.2 Å². The van der Waals surface area contributed by atoms with Crippen LogP contribution in [0.4, 0.5) is 5.69 Å². The van der Waals surface area contributed by atoms with Crippen LogP contribution in [0.3, 0.4) is 0 Å². The number of hydrogen-bond donors (Lipinski definition) is 1. The molecule has 0 amide bonds. The normalized spacial score (nSPS) is 13.6. The minimum Gasteiger partial charge on any atom is -0.486 e. The number of aryl methyl sites for hydroxylation is 1. The van der Waals surface area contributed by atoms with E-state index in [0.717, 1.165) is 29.3 Å². The summed E-state index contributed by atoms with van der Waals surface area (Å²) in [5.41, 5.74) is 7.51. The topological polar surface area (TPSA) is 57.6 Å². The molecule has 0 atom stereocenters. The van der Waals surface area contributed by atoms with Crippen LogP contribution in [0.2, 0.25) is 0 Å². The highest BCUT2D eigenvalue weighted by Gasteiger charge is 2.17. The lowest BCUT2D eigenvalue weighted by Gasteiger charge is -2.19. The predicted molar refractivity (Wildman–Crippen MR) is 68.9 cm³/mol. The van der Waals surface area contributed by atoms with E-state index in [2.05, 4.69) is 6.92 Å². The zero-order valence-electron chi connectivity index (χ0n) is 10.2. The lowest BCUT2D eigenvalue weighted by molar-refractivity contribution is 0.172. The van der Waals surface area contributed by atoms with Gasteiger partial charge in [-0.1, -0.05) is 6.92 Å². The number of fused-ring (bicyclic) bond motifs is 1. The minimum atomic E-state index is 0.562. The van der Waals surface area contributed by atoms with Crippen LogP contribution in [0.1, 0.15) is 12.7 Å². The molecule has 0 radical (unpaired) electrons. The molecule has 0 aliphatic carbocycles. The molecule has 94 valence electrons. The Labute approximate surface area is 105 Å². The molecule has 0 saturated carbocycles. The molecule has 0 fully saturated rings. The summed E-state index contributed by atoms with van der Waals surface area (Å²) in [5.74, 6) is 3.13. The van der Waals surface area contributed by atoms with Gasteiger partial charge in [0.25, 0.3) is 0 Å². The van der Waals surface area contributed by atoms with Gasteiger partial charge in [0.2, 0.25) is 0 Å². The van der Waals surface area contributed by atoms with Gasteiger partial charge in [-0.25, -0.2) is 0 Å². The zero-order chi connectivity index (χ0) is 12.5. The van der Waals surface area contributed by atoms with Gasteiger partial charge in [-0.15, -0.1) is 0 Å². The number of nitrogen functional groups attached to an aromatic ring is 1. The van der Waals surface area contributed by atoms with Crippen molar-refractivity contribution in [2.75, 3.05) is 18.9 Å². The largest absolute Gasteiger partial charge is 0.486 e. The smallest absolute Gasteiger partial charge is 0.163 e. The van der Waals surface area contributed by atoms with Gasteiger partial charge in [-0.2, -0.15) is 0 Å². The second-order valence-corrected chi connectivity index (χ2v) is 4.20. The maximum absolute atomic E-state index is 6.03. The third-order valence-corrected chi connectivity index (χ3v) is 2.99. The number of benzene rings is 1. The summed E-state index contributed by atoms with van der Waals surface area (Å²) in [4.78, 5) is 0. The average molecular weight is 245 g/mol. The first kappa shape index (κ1) is 11.0. The molecule has 0 spiro atoms. The van der Waals surface area contributed by atoms with Gasteiger partial charge in [0.05, 0.1) is 0 Å². The Kier molecular flexibility index (Phi) is 2.63. The fourth-order valence-corrected chi connectivity index (χ4v) is 2.03. The second-order valence-electron chi connectivity index (χ2n) is 4.20. The Morgan fingerprint density at radius 1 is 1.11 bits per heavy atom. The quantitative estimate of drug-likeness (QED) is 0.826. The third-order valence-electron chi connectivity index (χ3n) is 2.99. The summed E-state index contributed by atoms with van der Waals surface area (Å²) in [5, 5.41) is 0. The summed E-state index contributed by atoms with van der Waals surface area (Å²) in [6, 6.07) is 7.56. The SMILES string of the molecule is CCc1ccc(-c2cc3c(cc2N)OCCO3)o1. The minimum absolute atomic E-state index is 0.562. The average Bonchev–Trinajstić information content (AvgIpc) is 2.86. The van der Waals surface area contributed by atoms with Gasteiger partial charge in [0.15, 0.2) is 11.5 Å². The van der Waals surface area contributed by atoms with E-state index < -0.39 is 0 Å². The second kappa shape index (κ2) is 4.29. The molecule has 1 aliphatic rings. The Bertz CT molecular complexity index is 574. The molecule has 0 saturated heterocycles. The van der Waals surface area contributed by atoms with Crippen molar-refractivity contribution in [3.8, 4) is 22.8 Å². The number of hydrogen-bond acceptors (Lipinski definition) is 4. The molecule has 2 aromatic rings. The van der Waals surface area contributed by atoms with Crippen molar-refractivity contribution in [1.29, 1.82) is 0 Å². The lowest BCUT2D eigenvalue weighted by Crippen LogP contribution is -2.15. The van der Waals surface area contributed by atoms with E-state index in [0.29, 0.717) is 24.7 Å². The van der Waals surface area contributed by atoms with Gasteiger partial charge in [0, 0.05) is 23.7 Å². The van der Waals surface area contributed by atoms with Crippen molar-refractivity contribution >= 4 is 5.69 Å². The maximum Gasteiger partial charge on any atom is 0.163 e. The summed E-state index contributed by atoms with van der Waals surface area (Å²) in [7, 11) is 0. The highest BCUT2D eigenvalue weighted by atomic mass is 16.6.